The van der Waals surface area contributed by atoms with Crippen LogP contribution in [0.15, 0.2) is 4.79 Å². The van der Waals surface area contributed by atoms with E-state index in [0.717, 1.165) is 70.3 Å². The number of aromatic nitrogens is 3. The number of hydrogen-bond acceptors (Lipinski definition) is 4. The quantitative estimate of drug-likeness (QED) is 0.889. The lowest BCUT2D eigenvalue weighted by atomic mass is 9.82. The summed E-state index contributed by atoms with van der Waals surface area (Å²) >= 11 is 0. The summed E-state index contributed by atoms with van der Waals surface area (Å²) in [7, 11) is 0. The first-order valence-corrected chi connectivity index (χ1v) is 9.30. The van der Waals surface area contributed by atoms with Crippen molar-refractivity contribution < 1.29 is 9.53 Å². The van der Waals surface area contributed by atoms with Crippen LogP contribution in [0.3, 0.4) is 0 Å². The van der Waals surface area contributed by atoms with Gasteiger partial charge in [0, 0.05) is 31.5 Å². The van der Waals surface area contributed by atoms with Crippen molar-refractivity contribution in [2.75, 3.05) is 6.61 Å². The third-order valence-electron chi connectivity index (χ3n) is 5.70. The summed E-state index contributed by atoms with van der Waals surface area (Å²) in [6.45, 7) is 1.54. The molecule has 1 N–H and O–H groups in total. The molecular weight excluding hydrogens is 308 g/mol. The number of nitrogens with one attached hydrogen (secondary N) is 1. The highest BCUT2D eigenvalue weighted by molar-refractivity contribution is 5.76. The van der Waals surface area contributed by atoms with Crippen LogP contribution in [0.2, 0.25) is 0 Å². The van der Waals surface area contributed by atoms with Crippen LogP contribution in [0.1, 0.15) is 50.8 Å². The van der Waals surface area contributed by atoms with Gasteiger partial charge in [-0.1, -0.05) is 6.42 Å². The van der Waals surface area contributed by atoms with E-state index in [0.29, 0.717) is 12.0 Å². The Bertz CT molecular complexity index is 665. The summed E-state index contributed by atoms with van der Waals surface area (Å²) < 4.78 is 8.82. The average molecular weight is 334 g/mol. The molecule has 1 saturated carbocycles. The van der Waals surface area contributed by atoms with Gasteiger partial charge < -0.3 is 10.1 Å². The van der Waals surface area contributed by atoms with Gasteiger partial charge in [-0.25, -0.2) is 9.48 Å². The van der Waals surface area contributed by atoms with Crippen molar-refractivity contribution in [3.05, 3.63) is 16.3 Å². The summed E-state index contributed by atoms with van der Waals surface area (Å²) in [5.74, 6) is 1.15. The van der Waals surface area contributed by atoms with Crippen LogP contribution < -0.4 is 11.0 Å². The average Bonchev–Trinajstić information content (AvgIpc) is 3.07. The van der Waals surface area contributed by atoms with Gasteiger partial charge in [0.15, 0.2) is 0 Å². The van der Waals surface area contributed by atoms with Gasteiger partial charge in [0.2, 0.25) is 5.91 Å². The fraction of sp³-hybridized carbons (Fsp3) is 0.824. The first-order valence-electron chi connectivity index (χ1n) is 9.30. The van der Waals surface area contributed by atoms with E-state index in [2.05, 4.69) is 10.4 Å². The fourth-order valence-electron chi connectivity index (χ4n) is 4.47. The Balaban J connectivity index is 1.42. The third-order valence-corrected chi connectivity index (χ3v) is 5.70. The summed E-state index contributed by atoms with van der Waals surface area (Å²) in [6, 6.07) is 0.176. The van der Waals surface area contributed by atoms with E-state index in [9.17, 15) is 9.59 Å². The molecule has 24 heavy (non-hydrogen) atoms. The molecule has 0 aromatic carbocycles. The molecule has 1 aromatic rings. The standard InChI is InChI=1S/C17H26N4O3/c22-16(18-13-5-4-6-14-12(13)8-10-24-14)11-21-17(23)20-9-3-1-2-7-15(20)19-21/h12-14H,1-11H2,(H,18,22)/t12-,13+,14-/m0/s1. The molecule has 0 spiro atoms. The number of aryl methyl sites for hydroxylation is 1. The summed E-state index contributed by atoms with van der Waals surface area (Å²) in [6.07, 6.45) is 8.55. The first kappa shape index (κ1) is 15.9. The molecule has 0 bridgehead atoms. The largest absolute Gasteiger partial charge is 0.378 e. The number of rotatable bonds is 3. The SMILES string of the molecule is O=C(Cn1nc2n(c1=O)CCCCC2)N[C@@H]1CCC[C@@H]2OCC[C@H]21. The Hall–Kier alpha value is -1.63. The molecule has 0 unspecified atom stereocenters. The summed E-state index contributed by atoms with van der Waals surface area (Å²) in [5.41, 5.74) is -0.146. The van der Waals surface area contributed by atoms with Crippen molar-refractivity contribution >= 4 is 5.91 Å². The number of ether oxygens (including phenoxy) is 1. The maximum atomic E-state index is 12.4. The molecular formula is C17H26N4O3. The van der Waals surface area contributed by atoms with Gasteiger partial charge in [-0.05, 0) is 38.5 Å². The first-order chi connectivity index (χ1) is 11.7. The number of carbonyl (C=O) groups excluding carboxylic acids is 1. The van der Waals surface area contributed by atoms with Crippen LogP contribution in [-0.2, 0) is 29.0 Å². The predicted molar refractivity (Wildman–Crippen MR) is 87.7 cm³/mol. The minimum Gasteiger partial charge on any atom is -0.378 e. The van der Waals surface area contributed by atoms with Crippen LogP contribution in [0.4, 0.5) is 0 Å². The molecule has 7 heteroatoms. The lowest BCUT2D eigenvalue weighted by Crippen LogP contribution is -2.47. The van der Waals surface area contributed by atoms with E-state index in [1.165, 1.54) is 4.68 Å². The monoisotopic (exact) mass is 334 g/mol. The number of fused-ring (bicyclic) bond motifs is 2. The zero-order chi connectivity index (χ0) is 16.5. The molecule has 4 rings (SSSR count). The normalized spacial score (nSPS) is 29.6. The lowest BCUT2D eigenvalue weighted by molar-refractivity contribution is -0.123. The Morgan fingerprint density at radius 2 is 2.12 bits per heavy atom. The van der Waals surface area contributed by atoms with E-state index < -0.39 is 0 Å². The summed E-state index contributed by atoms with van der Waals surface area (Å²) in [4.78, 5) is 24.9. The molecule has 2 aliphatic heterocycles. The van der Waals surface area contributed by atoms with E-state index >= 15 is 0 Å². The number of amides is 1. The Morgan fingerprint density at radius 3 is 3.04 bits per heavy atom. The smallest absolute Gasteiger partial charge is 0.346 e. The van der Waals surface area contributed by atoms with Gasteiger partial charge in [-0.15, -0.1) is 0 Å². The van der Waals surface area contributed by atoms with E-state index in [1.807, 2.05) is 0 Å². The highest BCUT2D eigenvalue weighted by Crippen LogP contribution is 2.34. The second kappa shape index (κ2) is 6.70. The Kier molecular flexibility index (Phi) is 4.43. The van der Waals surface area contributed by atoms with Crippen molar-refractivity contribution in [2.24, 2.45) is 5.92 Å². The molecule has 3 heterocycles. The van der Waals surface area contributed by atoms with Crippen molar-refractivity contribution in [1.29, 1.82) is 0 Å². The highest BCUT2D eigenvalue weighted by atomic mass is 16.5. The van der Waals surface area contributed by atoms with E-state index in [1.54, 1.807) is 4.57 Å². The minimum atomic E-state index is -0.146. The number of hydrogen-bond donors (Lipinski definition) is 1. The number of nitrogens with zero attached hydrogens (tertiary/aromatic N) is 3. The van der Waals surface area contributed by atoms with Gasteiger partial charge in [-0.2, -0.15) is 5.10 Å². The van der Waals surface area contributed by atoms with Gasteiger partial charge >= 0.3 is 5.69 Å². The lowest BCUT2D eigenvalue weighted by Gasteiger charge is -2.33. The molecule has 7 nitrogen and oxygen atoms in total. The zero-order valence-corrected chi connectivity index (χ0v) is 14.1. The van der Waals surface area contributed by atoms with Crippen LogP contribution >= 0.6 is 0 Å². The van der Waals surface area contributed by atoms with E-state index in [-0.39, 0.29) is 24.2 Å². The Morgan fingerprint density at radius 1 is 1.21 bits per heavy atom. The van der Waals surface area contributed by atoms with Crippen LogP contribution in [0, 0.1) is 5.92 Å². The molecule has 1 saturated heterocycles. The minimum absolute atomic E-state index is 0.0214. The van der Waals surface area contributed by atoms with Crippen LogP contribution in [-0.4, -0.2) is 39.0 Å². The molecule has 1 aliphatic carbocycles. The molecule has 1 amide bonds. The van der Waals surface area contributed by atoms with Crippen LogP contribution in [0.25, 0.3) is 0 Å². The molecule has 3 aliphatic rings. The third kappa shape index (κ3) is 3.01. The highest BCUT2D eigenvalue weighted by Gasteiger charge is 2.38. The van der Waals surface area contributed by atoms with Gasteiger partial charge in [0.1, 0.15) is 12.4 Å². The maximum Gasteiger partial charge on any atom is 0.346 e. The van der Waals surface area contributed by atoms with Crippen molar-refractivity contribution in [3.8, 4) is 0 Å². The molecule has 3 atom stereocenters. The fourth-order valence-corrected chi connectivity index (χ4v) is 4.47. The van der Waals surface area contributed by atoms with E-state index in [4.69, 9.17) is 4.74 Å². The van der Waals surface area contributed by atoms with Gasteiger partial charge in [0.25, 0.3) is 0 Å². The molecule has 2 fully saturated rings. The zero-order valence-electron chi connectivity index (χ0n) is 14.1. The van der Waals surface area contributed by atoms with Gasteiger partial charge in [0.05, 0.1) is 6.10 Å². The second-order valence-corrected chi connectivity index (χ2v) is 7.29. The predicted octanol–water partition coefficient (Wildman–Crippen LogP) is 0.845. The maximum absolute atomic E-state index is 12.4. The molecule has 132 valence electrons. The van der Waals surface area contributed by atoms with Crippen molar-refractivity contribution in [2.45, 2.75) is 76.6 Å². The van der Waals surface area contributed by atoms with Crippen molar-refractivity contribution in [3.63, 3.8) is 0 Å². The number of carbonyl (C=O) groups is 1. The molecule has 1 aromatic heterocycles. The molecule has 0 radical (unpaired) electrons. The summed E-state index contributed by atoms with van der Waals surface area (Å²) in [5, 5.41) is 7.52. The van der Waals surface area contributed by atoms with Crippen LogP contribution in [0.5, 0.6) is 0 Å². The van der Waals surface area contributed by atoms with Crippen molar-refractivity contribution in [1.82, 2.24) is 19.7 Å². The second-order valence-electron chi connectivity index (χ2n) is 7.29. The topological polar surface area (TPSA) is 78.2 Å². The van der Waals surface area contributed by atoms with Gasteiger partial charge in [-0.3, -0.25) is 9.36 Å². The Labute approximate surface area is 141 Å².